The van der Waals surface area contributed by atoms with Crippen molar-refractivity contribution in [1.82, 2.24) is 5.32 Å². The number of carbonyl (C=O) groups is 1. The van der Waals surface area contributed by atoms with E-state index in [1.54, 1.807) is 0 Å². The van der Waals surface area contributed by atoms with Crippen molar-refractivity contribution in [2.24, 2.45) is 11.7 Å². The third-order valence-corrected chi connectivity index (χ3v) is 1.98. The van der Waals surface area contributed by atoms with Gasteiger partial charge in [-0.15, -0.1) is 0 Å². The summed E-state index contributed by atoms with van der Waals surface area (Å²) < 4.78 is 0. The molecule has 0 radical (unpaired) electrons. The molecule has 1 rings (SSSR count). The van der Waals surface area contributed by atoms with Crippen molar-refractivity contribution in [2.75, 3.05) is 13.1 Å². The first-order valence-electron chi connectivity index (χ1n) is 3.87. The van der Waals surface area contributed by atoms with Crippen molar-refractivity contribution in [1.29, 1.82) is 0 Å². The third-order valence-electron chi connectivity index (χ3n) is 1.98. The van der Waals surface area contributed by atoms with E-state index in [1.807, 2.05) is 0 Å². The minimum Gasteiger partial charge on any atom is -0.393 e. The van der Waals surface area contributed by atoms with E-state index in [-0.39, 0.29) is 18.6 Å². The van der Waals surface area contributed by atoms with Gasteiger partial charge in [-0.05, 0) is 18.8 Å². The maximum Gasteiger partial charge on any atom is 0.233 e. The average molecular weight is 158 g/mol. The van der Waals surface area contributed by atoms with Crippen LogP contribution in [0.3, 0.4) is 0 Å². The Hall–Kier alpha value is -0.610. The van der Waals surface area contributed by atoms with E-state index in [4.69, 9.17) is 10.8 Å². The van der Waals surface area contributed by atoms with Crippen molar-refractivity contribution in [3.8, 4) is 0 Å². The first kappa shape index (κ1) is 8.49. The fourth-order valence-corrected chi connectivity index (χ4v) is 1.20. The molecule has 1 fully saturated rings. The minimum absolute atomic E-state index is 0.0509. The molecule has 0 aromatic rings. The zero-order valence-corrected chi connectivity index (χ0v) is 6.42. The molecule has 0 spiro atoms. The molecule has 1 aliphatic carbocycles. The fraction of sp³-hybridized carbons (Fsp3) is 0.857. The molecule has 1 amide bonds. The molecule has 1 aliphatic rings. The van der Waals surface area contributed by atoms with Crippen molar-refractivity contribution in [2.45, 2.75) is 18.9 Å². The van der Waals surface area contributed by atoms with E-state index in [2.05, 4.69) is 5.32 Å². The lowest BCUT2D eigenvalue weighted by Gasteiger charge is -2.31. The molecule has 0 heterocycles. The first-order chi connectivity index (χ1) is 5.22. The smallest absolute Gasteiger partial charge is 0.233 e. The lowest BCUT2D eigenvalue weighted by Crippen LogP contribution is -2.40. The Kier molecular flexibility index (Phi) is 2.84. The normalized spacial score (nSPS) is 29.3. The number of hydrogen-bond acceptors (Lipinski definition) is 3. The van der Waals surface area contributed by atoms with Gasteiger partial charge in [0.2, 0.25) is 5.91 Å². The van der Waals surface area contributed by atoms with Gasteiger partial charge in [-0.2, -0.15) is 0 Å². The molecular formula is C7H14N2O2. The van der Waals surface area contributed by atoms with Crippen LogP contribution in [0.5, 0.6) is 0 Å². The zero-order valence-electron chi connectivity index (χ0n) is 6.42. The molecule has 0 atom stereocenters. The number of amides is 1. The SMILES string of the molecule is NCC(=O)NCC1CC(O)C1. The summed E-state index contributed by atoms with van der Waals surface area (Å²) in [6, 6.07) is 0. The van der Waals surface area contributed by atoms with E-state index < -0.39 is 0 Å². The fourth-order valence-electron chi connectivity index (χ4n) is 1.20. The maximum absolute atomic E-state index is 10.6. The van der Waals surface area contributed by atoms with Crippen LogP contribution in [0, 0.1) is 5.92 Å². The van der Waals surface area contributed by atoms with Gasteiger partial charge in [-0.1, -0.05) is 0 Å². The number of nitrogens with two attached hydrogens (primary N) is 1. The predicted octanol–water partition coefficient (Wildman–Crippen LogP) is -1.17. The summed E-state index contributed by atoms with van der Waals surface area (Å²) in [6.07, 6.45) is 1.48. The Morgan fingerprint density at radius 3 is 2.73 bits per heavy atom. The van der Waals surface area contributed by atoms with Gasteiger partial charge in [0.15, 0.2) is 0 Å². The number of rotatable bonds is 3. The van der Waals surface area contributed by atoms with Crippen LogP contribution < -0.4 is 11.1 Å². The highest BCUT2D eigenvalue weighted by molar-refractivity contribution is 5.77. The standard InChI is InChI=1S/C7H14N2O2/c8-3-7(11)9-4-5-1-6(10)2-5/h5-6,10H,1-4,8H2,(H,9,11). The lowest BCUT2D eigenvalue weighted by molar-refractivity contribution is -0.120. The number of carbonyl (C=O) groups excluding carboxylic acids is 1. The molecule has 4 N–H and O–H groups in total. The van der Waals surface area contributed by atoms with Crippen LogP contribution in [0.25, 0.3) is 0 Å². The molecule has 0 aromatic heterocycles. The van der Waals surface area contributed by atoms with Gasteiger partial charge in [0, 0.05) is 6.54 Å². The highest BCUT2D eigenvalue weighted by Gasteiger charge is 2.26. The predicted molar refractivity (Wildman–Crippen MR) is 40.8 cm³/mol. The molecule has 4 heteroatoms. The van der Waals surface area contributed by atoms with Gasteiger partial charge in [-0.3, -0.25) is 4.79 Å². The number of aliphatic hydroxyl groups excluding tert-OH is 1. The Labute approximate surface area is 65.8 Å². The monoisotopic (exact) mass is 158 g/mol. The summed E-state index contributed by atoms with van der Waals surface area (Å²) in [5.74, 6) is 0.340. The van der Waals surface area contributed by atoms with Crippen LogP contribution in [0.4, 0.5) is 0 Å². The molecule has 1 saturated carbocycles. The summed E-state index contributed by atoms with van der Waals surface area (Å²) >= 11 is 0. The van der Waals surface area contributed by atoms with Crippen LogP contribution in [-0.2, 0) is 4.79 Å². The van der Waals surface area contributed by atoms with Gasteiger partial charge in [0.25, 0.3) is 0 Å². The van der Waals surface area contributed by atoms with Crippen LogP contribution in [0.15, 0.2) is 0 Å². The van der Waals surface area contributed by atoms with Gasteiger partial charge < -0.3 is 16.2 Å². The number of nitrogens with one attached hydrogen (secondary N) is 1. The Balaban J connectivity index is 2.00. The Morgan fingerprint density at radius 1 is 1.64 bits per heavy atom. The van der Waals surface area contributed by atoms with E-state index >= 15 is 0 Å². The zero-order chi connectivity index (χ0) is 8.27. The summed E-state index contributed by atoms with van der Waals surface area (Å²) in [7, 11) is 0. The average Bonchev–Trinajstić information content (AvgIpc) is 1.95. The molecule has 0 saturated heterocycles. The van der Waals surface area contributed by atoms with Crippen molar-refractivity contribution >= 4 is 5.91 Å². The Bertz CT molecular complexity index is 143. The Morgan fingerprint density at radius 2 is 2.27 bits per heavy atom. The van der Waals surface area contributed by atoms with Gasteiger partial charge in [-0.25, -0.2) is 0 Å². The highest BCUT2D eigenvalue weighted by Crippen LogP contribution is 2.25. The van der Waals surface area contributed by atoms with E-state index in [0.29, 0.717) is 12.5 Å². The van der Waals surface area contributed by atoms with Gasteiger partial charge >= 0.3 is 0 Å². The molecule has 4 nitrogen and oxygen atoms in total. The third kappa shape index (κ3) is 2.48. The summed E-state index contributed by atoms with van der Waals surface area (Å²) in [5.41, 5.74) is 5.08. The van der Waals surface area contributed by atoms with Crippen LogP contribution >= 0.6 is 0 Å². The van der Waals surface area contributed by atoms with Crippen LogP contribution in [-0.4, -0.2) is 30.2 Å². The molecule has 0 unspecified atom stereocenters. The molecule has 11 heavy (non-hydrogen) atoms. The minimum atomic E-state index is -0.144. The quantitative estimate of drug-likeness (QED) is 0.484. The van der Waals surface area contributed by atoms with Crippen LogP contribution in [0.1, 0.15) is 12.8 Å². The van der Waals surface area contributed by atoms with Gasteiger partial charge in [0.1, 0.15) is 0 Å². The topological polar surface area (TPSA) is 75.4 Å². The lowest BCUT2D eigenvalue weighted by atomic mass is 9.82. The maximum atomic E-state index is 10.6. The highest BCUT2D eigenvalue weighted by atomic mass is 16.3. The summed E-state index contributed by atoms with van der Waals surface area (Å²) in [6.45, 7) is 0.711. The molecule has 64 valence electrons. The second-order valence-corrected chi connectivity index (χ2v) is 3.00. The van der Waals surface area contributed by atoms with Crippen molar-refractivity contribution in [3.63, 3.8) is 0 Å². The van der Waals surface area contributed by atoms with Gasteiger partial charge in [0.05, 0.1) is 12.6 Å². The second-order valence-electron chi connectivity index (χ2n) is 3.00. The van der Waals surface area contributed by atoms with Crippen molar-refractivity contribution < 1.29 is 9.90 Å². The molecule has 0 bridgehead atoms. The number of hydrogen-bond donors (Lipinski definition) is 3. The van der Waals surface area contributed by atoms with E-state index in [1.165, 1.54) is 0 Å². The largest absolute Gasteiger partial charge is 0.393 e. The van der Waals surface area contributed by atoms with E-state index in [0.717, 1.165) is 12.8 Å². The van der Waals surface area contributed by atoms with E-state index in [9.17, 15) is 4.79 Å². The number of aliphatic hydroxyl groups is 1. The molecule has 0 aromatic carbocycles. The second kappa shape index (κ2) is 3.69. The first-order valence-corrected chi connectivity index (χ1v) is 3.87. The summed E-state index contributed by atoms with van der Waals surface area (Å²) in [5, 5.41) is 11.6. The van der Waals surface area contributed by atoms with Crippen molar-refractivity contribution in [3.05, 3.63) is 0 Å². The summed E-state index contributed by atoms with van der Waals surface area (Å²) in [4.78, 5) is 10.6. The van der Waals surface area contributed by atoms with Crippen LogP contribution in [0.2, 0.25) is 0 Å². The molecule has 0 aliphatic heterocycles. The molecular weight excluding hydrogens is 144 g/mol.